The SMILES string of the molecule is CNC(Cc1ccc(I)cc1)C1CCN(C(=O)OC(C)(C)C)C1. The summed E-state index contributed by atoms with van der Waals surface area (Å²) >= 11 is 2.32. The average Bonchev–Trinajstić information content (AvgIpc) is 2.94. The van der Waals surface area contributed by atoms with Crippen molar-refractivity contribution in [3.63, 3.8) is 0 Å². The van der Waals surface area contributed by atoms with Crippen LogP contribution in [-0.2, 0) is 11.2 Å². The molecule has 5 heteroatoms. The van der Waals surface area contributed by atoms with Crippen LogP contribution in [-0.4, -0.2) is 42.8 Å². The summed E-state index contributed by atoms with van der Waals surface area (Å²) in [6, 6.07) is 9.04. The topological polar surface area (TPSA) is 41.6 Å². The Bertz CT molecular complexity index is 525. The van der Waals surface area contributed by atoms with Gasteiger partial charge in [0.2, 0.25) is 0 Å². The number of carbonyl (C=O) groups is 1. The van der Waals surface area contributed by atoms with Crippen molar-refractivity contribution >= 4 is 28.7 Å². The van der Waals surface area contributed by atoms with E-state index in [9.17, 15) is 4.79 Å². The van der Waals surface area contributed by atoms with Gasteiger partial charge in [0.05, 0.1) is 0 Å². The number of likely N-dealkylation sites (N-methyl/N-ethyl adjacent to an activating group) is 1. The van der Waals surface area contributed by atoms with Crippen LogP contribution in [0.2, 0.25) is 0 Å². The van der Waals surface area contributed by atoms with E-state index < -0.39 is 5.60 Å². The van der Waals surface area contributed by atoms with Crippen molar-refractivity contribution in [3.8, 4) is 0 Å². The van der Waals surface area contributed by atoms with Gasteiger partial charge >= 0.3 is 6.09 Å². The predicted octanol–water partition coefficient (Wildman–Crippen LogP) is 3.68. The van der Waals surface area contributed by atoms with E-state index in [1.165, 1.54) is 9.13 Å². The first kappa shape index (κ1) is 18.5. The fraction of sp³-hybridized carbons (Fsp3) is 0.611. The largest absolute Gasteiger partial charge is 0.444 e. The highest BCUT2D eigenvalue weighted by Crippen LogP contribution is 2.24. The molecule has 0 aromatic heterocycles. The Morgan fingerprint density at radius 2 is 2.04 bits per heavy atom. The average molecular weight is 430 g/mol. The quantitative estimate of drug-likeness (QED) is 0.742. The lowest BCUT2D eigenvalue weighted by molar-refractivity contribution is 0.0285. The Kier molecular flexibility index (Phi) is 6.31. The van der Waals surface area contributed by atoms with Crippen LogP contribution < -0.4 is 5.32 Å². The van der Waals surface area contributed by atoms with Gasteiger partial charge in [0.25, 0.3) is 0 Å². The van der Waals surface area contributed by atoms with Crippen molar-refractivity contribution in [1.82, 2.24) is 10.2 Å². The number of amides is 1. The van der Waals surface area contributed by atoms with Crippen molar-refractivity contribution in [2.24, 2.45) is 5.92 Å². The molecule has 1 fully saturated rings. The number of hydrogen-bond donors (Lipinski definition) is 1. The monoisotopic (exact) mass is 430 g/mol. The summed E-state index contributed by atoms with van der Waals surface area (Å²) in [6.07, 6.45) is 1.82. The molecule has 1 aromatic carbocycles. The van der Waals surface area contributed by atoms with Crippen LogP contribution in [0.3, 0.4) is 0 Å². The Morgan fingerprint density at radius 1 is 1.39 bits per heavy atom. The summed E-state index contributed by atoms with van der Waals surface area (Å²) in [6.45, 7) is 7.28. The van der Waals surface area contributed by atoms with Crippen LogP contribution in [0.4, 0.5) is 4.79 Å². The van der Waals surface area contributed by atoms with Crippen LogP contribution in [0.25, 0.3) is 0 Å². The second-order valence-electron chi connectivity index (χ2n) is 7.20. The standard InChI is InChI=1S/C18H27IN2O2/c1-18(2,3)23-17(22)21-10-9-14(12-21)16(20-4)11-13-5-7-15(19)8-6-13/h5-8,14,16,20H,9-12H2,1-4H3. The van der Waals surface area contributed by atoms with Gasteiger partial charge in [0.15, 0.2) is 0 Å². The zero-order valence-electron chi connectivity index (χ0n) is 14.4. The molecular weight excluding hydrogens is 403 g/mol. The van der Waals surface area contributed by atoms with Crippen LogP contribution in [0.15, 0.2) is 24.3 Å². The number of likely N-dealkylation sites (tertiary alicyclic amines) is 1. The van der Waals surface area contributed by atoms with Crippen LogP contribution in [0.5, 0.6) is 0 Å². The summed E-state index contributed by atoms with van der Waals surface area (Å²) in [7, 11) is 2.01. The molecule has 1 N–H and O–H groups in total. The Balaban J connectivity index is 1.93. The minimum atomic E-state index is -0.432. The number of ether oxygens (including phenoxy) is 1. The number of nitrogens with zero attached hydrogens (tertiary/aromatic N) is 1. The van der Waals surface area contributed by atoms with E-state index >= 15 is 0 Å². The van der Waals surface area contributed by atoms with Gasteiger partial charge in [-0.05, 0) is 86.9 Å². The molecule has 1 saturated heterocycles. The van der Waals surface area contributed by atoms with Gasteiger partial charge in [-0.3, -0.25) is 0 Å². The highest BCUT2D eigenvalue weighted by molar-refractivity contribution is 14.1. The van der Waals surface area contributed by atoms with Gasteiger partial charge in [0.1, 0.15) is 5.60 Å². The number of nitrogens with one attached hydrogen (secondary N) is 1. The molecule has 1 heterocycles. The van der Waals surface area contributed by atoms with E-state index in [-0.39, 0.29) is 6.09 Å². The number of halogens is 1. The number of hydrogen-bond acceptors (Lipinski definition) is 3. The second kappa shape index (κ2) is 7.83. The molecule has 2 unspecified atom stereocenters. The summed E-state index contributed by atoms with van der Waals surface area (Å²) in [5, 5.41) is 3.43. The minimum Gasteiger partial charge on any atom is -0.444 e. The van der Waals surface area contributed by atoms with E-state index in [4.69, 9.17) is 4.74 Å². The highest BCUT2D eigenvalue weighted by atomic mass is 127. The van der Waals surface area contributed by atoms with Crippen molar-refractivity contribution in [1.29, 1.82) is 0 Å². The number of rotatable bonds is 4. The first-order valence-electron chi connectivity index (χ1n) is 8.18. The second-order valence-corrected chi connectivity index (χ2v) is 8.45. The molecule has 1 aromatic rings. The van der Waals surface area contributed by atoms with E-state index in [0.29, 0.717) is 12.0 Å². The maximum Gasteiger partial charge on any atom is 0.410 e. The smallest absolute Gasteiger partial charge is 0.410 e. The maximum absolute atomic E-state index is 12.2. The third-order valence-electron chi connectivity index (χ3n) is 4.19. The van der Waals surface area contributed by atoms with Gasteiger partial charge in [-0.2, -0.15) is 0 Å². The highest BCUT2D eigenvalue weighted by Gasteiger charge is 2.33. The van der Waals surface area contributed by atoms with Gasteiger partial charge in [0, 0.05) is 22.7 Å². The zero-order chi connectivity index (χ0) is 17.0. The molecule has 128 valence electrons. The van der Waals surface area contributed by atoms with Crippen molar-refractivity contribution in [3.05, 3.63) is 33.4 Å². The Hall–Kier alpha value is -0.820. The molecule has 2 atom stereocenters. The van der Waals surface area contributed by atoms with Gasteiger partial charge in [-0.1, -0.05) is 12.1 Å². The van der Waals surface area contributed by atoms with E-state index in [0.717, 1.165) is 25.9 Å². The van der Waals surface area contributed by atoms with Crippen LogP contribution >= 0.6 is 22.6 Å². The molecular formula is C18H27IN2O2. The van der Waals surface area contributed by atoms with Gasteiger partial charge < -0.3 is 15.0 Å². The van der Waals surface area contributed by atoms with Crippen molar-refractivity contribution < 1.29 is 9.53 Å². The summed E-state index contributed by atoms with van der Waals surface area (Å²) in [5.74, 6) is 0.465. The van der Waals surface area contributed by atoms with Crippen molar-refractivity contribution in [2.75, 3.05) is 20.1 Å². The van der Waals surface area contributed by atoms with E-state index in [1.807, 2.05) is 32.7 Å². The lowest BCUT2D eigenvalue weighted by Gasteiger charge is -2.26. The zero-order valence-corrected chi connectivity index (χ0v) is 16.6. The molecule has 1 aliphatic rings. The maximum atomic E-state index is 12.2. The molecule has 1 amide bonds. The lowest BCUT2D eigenvalue weighted by Crippen LogP contribution is -2.39. The predicted molar refractivity (Wildman–Crippen MR) is 102 cm³/mol. The summed E-state index contributed by atoms with van der Waals surface area (Å²) in [5.41, 5.74) is 0.902. The Morgan fingerprint density at radius 3 is 2.61 bits per heavy atom. The minimum absolute atomic E-state index is 0.191. The fourth-order valence-corrected chi connectivity index (χ4v) is 3.35. The molecule has 2 rings (SSSR count). The number of carbonyl (C=O) groups excluding carboxylic acids is 1. The first-order valence-corrected chi connectivity index (χ1v) is 9.26. The first-order chi connectivity index (χ1) is 10.8. The molecule has 0 bridgehead atoms. The molecule has 0 aliphatic carbocycles. The lowest BCUT2D eigenvalue weighted by atomic mass is 9.93. The molecule has 0 saturated carbocycles. The molecule has 1 aliphatic heterocycles. The summed E-state index contributed by atoms with van der Waals surface area (Å²) in [4.78, 5) is 14.0. The van der Waals surface area contributed by atoms with Gasteiger partial charge in [-0.25, -0.2) is 4.79 Å². The van der Waals surface area contributed by atoms with Crippen LogP contribution in [0.1, 0.15) is 32.8 Å². The van der Waals surface area contributed by atoms with Gasteiger partial charge in [-0.15, -0.1) is 0 Å². The van der Waals surface area contributed by atoms with E-state index in [1.54, 1.807) is 0 Å². The normalized spacial score (nSPS) is 19.7. The molecule has 0 radical (unpaired) electrons. The molecule has 23 heavy (non-hydrogen) atoms. The third-order valence-corrected chi connectivity index (χ3v) is 4.90. The fourth-order valence-electron chi connectivity index (χ4n) is 2.99. The molecule has 0 spiro atoms. The van der Waals surface area contributed by atoms with Crippen LogP contribution in [0, 0.1) is 9.49 Å². The third kappa shape index (κ3) is 5.64. The Labute approximate surface area is 153 Å². The number of benzene rings is 1. The summed E-state index contributed by atoms with van der Waals surface area (Å²) < 4.78 is 6.73. The van der Waals surface area contributed by atoms with E-state index in [2.05, 4.69) is 52.2 Å². The van der Waals surface area contributed by atoms with Crippen molar-refractivity contribution in [2.45, 2.75) is 45.3 Å². The molecule has 4 nitrogen and oxygen atoms in total.